The van der Waals surface area contributed by atoms with Gasteiger partial charge in [-0.25, -0.2) is 0 Å². The fourth-order valence-electron chi connectivity index (χ4n) is 1.42. The van der Waals surface area contributed by atoms with Crippen LogP contribution in [0.4, 0.5) is 5.69 Å². The Morgan fingerprint density at radius 2 is 1.94 bits per heavy atom. The maximum absolute atomic E-state index is 12.1. The van der Waals surface area contributed by atoms with E-state index in [-0.39, 0.29) is 5.75 Å². The van der Waals surface area contributed by atoms with Gasteiger partial charge in [0.1, 0.15) is 5.75 Å². The molecular weight excluding hydrogens is 236 g/mol. The zero-order chi connectivity index (χ0) is 12.3. The number of aromatic hydroxyl groups is 1. The minimum atomic E-state index is -1.20. The molecule has 0 aliphatic carbocycles. The van der Waals surface area contributed by atoms with Gasteiger partial charge in [0.15, 0.2) is 0 Å². The molecule has 1 aromatic carbocycles. The molecule has 1 heterocycles. The molecule has 0 saturated heterocycles. The Balaban J connectivity index is 2.17. The molecular formula is C12H12N2O2S. The van der Waals surface area contributed by atoms with Gasteiger partial charge in [-0.05, 0) is 23.8 Å². The zero-order valence-corrected chi connectivity index (χ0v) is 9.85. The summed E-state index contributed by atoms with van der Waals surface area (Å²) in [5.41, 5.74) is 7.02. The van der Waals surface area contributed by atoms with Crippen LogP contribution in [0.2, 0.25) is 0 Å². The van der Waals surface area contributed by atoms with E-state index in [1.54, 1.807) is 36.5 Å². The van der Waals surface area contributed by atoms with Crippen LogP contribution in [-0.2, 0) is 16.6 Å². The number of nitrogens with zero attached hydrogens (tertiary/aromatic N) is 1. The van der Waals surface area contributed by atoms with Crippen LogP contribution in [0.15, 0.2) is 47.6 Å². The van der Waals surface area contributed by atoms with Gasteiger partial charge in [0, 0.05) is 6.20 Å². The topological polar surface area (TPSA) is 76.2 Å². The molecule has 1 unspecified atom stereocenters. The number of aromatic nitrogens is 1. The highest BCUT2D eigenvalue weighted by Gasteiger charge is 2.08. The lowest BCUT2D eigenvalue weighted by Gasteiger charge is -2.05. The van der Waals surface area contributed by atoms with E-state index >= 15 is 0 Å². The zero-order valence-electron chi connectivity index (χ0n) is 9.04. The first kappa shape index (κ1) is 11.6. The van der Waals surface area contributed by atoms with Crippen molar-refractivity contribution in [1.29, 1.82) is 0 Å². The average Bonchev–Trinajstić information content (AvgIpc) is 2.32. The molecule has 2 aromatic rings. The van der Waals surface area contributed by atoms with Gasteiger partial charge < -0.3 is 10.8 Å². The van der Waals surface area contributed by atoms with Crippen LogP contribution in [0.1, 0.15) is 5.56 Å². The highest BCUT2D eigenvalue weighted by molar-refractivity contribution is 7.84. The largest absolute Gasteiger partial charge is 0.508 e. The van der Waals surface area contributed by atoms with Gasteiger partial charge in [0.25, 0.3) is 0 Å². The standard InChI is InChI=1S/C12H12N2O2S/c13-11-7-14-6-5-12(11)17(16)8-9-1-3-10(15)4-2-9/h1-7,15H,8,13H2. The predicted octanol–water partition coefficient (Wildman–Crippen LogP) is 1.68. The van der Waals surface area contributed by atoms with Crippen molar-refractivity contribution in [3.05, 3.63) is 48.3 Å². The van der Waals surface area contributed by atoms with Crippen molar-refractivity contribution in [2.45, 2.75) is 10.6 Å². The molecule has 17 heavy (non-hydrogen) atoms. The number of anilines is 1. The molecule has 1 aromatic heterocycles. The van der Waals surface area contributed by atoms with Gasteiger partial charge in [0.2, 0.25) is 0 Å². The molecule has 2 rings (SSSR count). The Kier molecular flexibility index (Phi) is 3.39. The van der Waals surface area contributed by atoms with Crippen LogP contribution < -0.4 is 5.73 Å². The molecule has 0 spiro atoms. The molecule has 0 amide bonds. The number of pyridine rings is 1. The molecule has 0 aliphatic heterocycles. The number of hydrogen-bond acceptors (Lipinski definition) is 4. The van der Waals surface area contributed by atoms with E-state index in [4.69, 9.17) is 10.8 Å². The molecule has 1 atom stereocenters. The quantitative estimate of drug-likeness (QED) is 0.866. The number of nitrogen functional groups attached to an aromatic ring is 1. The summed E-state index contributed by atoms with van der Waals surface area (Å²) < 4.78 is 12.1. The first-order valence-electron chi connectivity index (χ1n) is 5.02. The van der Waals surface area contributed by atoms with Gasteiger partial charge >= 0.3 is 0 Å². The SMILES string of the molecule is Nc1cnccc1S(=O)Cc1ccc(O)cc1. The minimum Gasteiger partial charge on any atom is -0.508 e. The molecule has 0 bridgehead atoms. The summed E-state index contributed by atoms with van der Waals surface area (Å²) in [5.74, 6) is 0.567. The van der Waals surface area contributed by atoms with Crippen LogP contribution in [0.25, 0.3) is 0 Å². The van der Waals surface area contributed by atoms with Crippen LogP contribution in [0, 0.1) is 0 Å². The summed E-state index contributed by atoms with van der Waals surface area (Å²) in [6, 6.07) is 8.28. The van der Waals surface area contributed by atoms with Crippen LogP contribution in [0.3, 0.4) is 0 Å². The Labute approximate surface area is 102 Å². The fourth-order valence-corrected chi connectivity index (χ4v) is 2.60. The summed E-state index contributed by atoms with van der Waals surface area (Å²) in [4.78, 5) is 4.44. The Bertz CT molecular complexity index is 540. The van der Waals surface area contributed by atoms with E-state index < -0.39 is 10.8 Å². The second-order valence-corrected chi connectivity index (χ2v) is 4.99. The normalized spacial score (nSPS) is 12.2. The maximum Gasteiger partial charge on any atom is 0.115 e. The van der Waals surface area contributed by atoms with E-state index in [1.807, 2.05) is 0 Å². The van der Waals surface area contributed by atoms with Crippen LogP contribution in [0.5, 0.6) is 5.75 Å². The first-order valence-corrected chi connectivity index (χ1v) is 6.34. The average molecular weight is 248 g/mol. The monoisotopic (exact) mass is 248 g/mol. The Morgan fingerprint density at radius 3 is 2.59 bits per heavy atom. The molecule has 0 saturated carbocycles. The van der Waals surface area contributed by atoms with Gasteiger partial charge in [-0.15, -0.1) is 0 Å². The Morgan fingerprint density at radius 1 is 1.24 bits per heavy atom. The fraction of sp³-hybridized carbons (Fsp3) is 0.0833. The number of nitrogens with two attached hydrogens (primary N) is 1. The summed E-state index contributed by atoms with van der Waals surface area (Å²) in [6.07, 6.45) is 3.06. The van der Waals surface area contributed by atoms with Crippen molar-refractivity contribution in [3.8, 4) is 5.75 Å². The summed E-state index contributed by atoms with van der Waals surface area (Å²) in [7, 11) is -1.20. The maximum atomic E-state index is 12.1. The minimum absolute atomic E-state index is 0.197. The summed E-state index contributed by atoms with van der Waals surface area (Å²) >= 11 is 0. The Hall–Kier alpha value is -1.88. The van der Waals surface area contributed by atoms with Crippen molar-refractivity contribution < 1.29 is 9.32 Å². The van der Waals surface area contributed by atoms with E-state index in [1.165, 1.54) is 6.20 Å². The summed E-state index contributed by atoms with van der Waals surface area (Å²) in [6.45, 7) is 0. The lowest BCUT2D eigenvalue weighted by molar-refractivity contribution is 0.475. The molecule has 4 nitrogen and oxygen atoms in total. The molecule has 0 fully saturated rings. The highest BCUT2D eigenvalue weighted by Crippen LogP contribution is 2.18. The van der Waals surface area contributed by atoms with Gasteiger partial charge in [0.05, 0.1) is 33.3 Å². The second kappa shape index (κ2) is 4.97. The van der Waals surface area contributed by atoms with E-state index in [2.05, 4.69) is 4.98 Å². The van der Waals surface area contributed by atoms with Crippen LogP contribution in [-0.4, -0.2) is 14.3 Å². The molecule has 88 valence electrons. The van der Waals surface area contributed by atoms with Gasteiger partial charge in [-0.3, -0.25) is 9.19 Å². The van der Waals surface area contributed by atoms with Gasteiger partial charge in [-0.2, -0.15) is 0 Å². The molecule has 5 heteroatoms. The summed E-state index contributed by atoms with van der Waals surface area (Å²) in [5, 5.41) is 9.15. The highest BCUT2D eigenvalue weighted by atomic mass is 32.2. The third kappa shape index (κ3) is 2.82. The van der Waals surface area contributed by atoms with E-state index in [9.17, 15) is 4.21 Å². The molecule has 0 aliphatic rings. The molecule has 0 radical (unpaired) electrons. The lowest BCUT2D eigenvalue weighted by atomic mass is 10.2. The third-order valence-corrected chi connectivity index (χ3v) is 3.75. The van der Waals surface area contributed by atoms with Crippen LogP contribution >= 0.6 is 0 Å². The predicted molar refractivity (Wildman–Crippen MR) is 66.9 cm³/mol. The number of benzene rings is 1. The van der Waals surface area contributed by atoms with Crippen molar-refractivity contribution in [2.24, 2.45) is 0 Å². The second-order valence-electron chi connectivity index (χ2n) is 3.57. The van der Waals surface area contributed by atoms with E-state index in [0.29, 0.717) is 16.3 Å². The number of phenols is 1. The van der Waals surface area contributed by atoms with Crippen molar-refractivity contribution >= 4 is 16.5 Å². The third-order valence-electron chi connectivity index (χ3n) is 2.29. The van der Waals surface area contributed by atoms with Gasteiger partial charge in [-0.1, -0.05) is 12.1 Å². The lowest BCUT2D eigenvalue weighted by Crippen LogP contribution is -2.01. The number of phenolic OH excluding ortho intramolecular Hbond substituents is 1. The van der Waals surface area contributed by atoms with Crippen molar-refractivity contribution in [1.82, 2.24) is 4.98 Å². The van der Waals surface area contributed by atoms with Crippen molar-refractivity contribution in [3.63, 3.8) is 0 Å². The first-order chi connectivity index (χ1) is 8.16. The molecule has 3 N–H and O–H groups in total. The van der Waals surface area contributed by atoms with Crippen molar-refractivity contribution in [2.75, 3.05) is 5.73 Å². The van der Waals surface area contributed by atoms with E-state index in [0.717, 1.165) is 5.56 Å². The number of rotatable bonds is 3. The number of hydrogen-bond donors (Lipinski definition) is 2. The smallest absolute Gasteiger partial charge is 0.115 e.